The van der Waals surface area contributed by atoms with Gasteiger partial charge in [-0.15, -0.1) is 0 Å². The minimum Gasteiger partial charge on any atom is -0.508 e. The van der Waals surface area contributed by atoms with Gasteiger partial charge in [-0.25, -0.2) is 8.78 Å². The molecule has 0 heterocycles. The van der Waals surface area contributed by atoms with Crippen LogP contribution in [0.2, 0.25) is 0 Å². The molecular formula is C10H11F2NO2. The summed E-state index contributed by atoms with van der Waals surface area (Å²) < 4.78 is 23.6. The highest BCUT2D eigenvalue weighted by atomic mass is 19.3. The van der Waals surface area contributed by atoms with E-state index in [9.17, 15) is 18.7 Å². The molecule has 0 aliphatic heterocycles. The molecule has 15 heavy (non-hydrogen) atoms. The minimum absolute atomic E-state index is 0.0281. The number of hydrogen-bond acceptors (Lipinski definition) is 2. The number of halogens is 2. The van der Waals surface area contributed by atoms with E-state index in [0.717, 1.165) is 0 Å². The predicted octanol–water partition coefficient (Wildman–Crippen LogP) is 1.70. The molecular weight excluding hydrogens is 204 g/mol. The lowest BCUT2D eigenvalue weighted by Gasteiger charge is -2.05. The van der Waals surface area contributed by atoms with Gasteiger partial charge in [-0.1, -0.05) is 6.07 Å². The number of amides is 1. The smallest absolute Gasteiger partial charge is 0.255 e. The number of carbonyl (C=O) groups excluding carboxylic acids is 1. The molecule has 0 aliphatic carbocycles. The van der Waals surface area contributed by atoms with E-state index < -0.39 is 18.9 Å². The maximum absolute atomic E-state index is 11.8. The number of carbonyl (C=O) groups is 1. The topological polar surface area (TPSA) is 49.3 Å². The van der Waals surface area contributed by atoms with Crippen LogP contribution in [0, 0.1) is 6.92 Å². The van der Waals surface area contributed by atoms with Gasteiger partial charge in [0.1, 0.15) is 5.75 Å². The Labute approximate surface area is 85.7 Å². The first-order valence-corrected chi connectivity index (χ1v) is 4.36. The fraction of sp³-hybridized carbons (Fsp3) is 0.300. The fourth-order valence-electron chi connectivity index (χ4n) is 1.02. The molecule has 2 N–H and O–H groups in total. The van der Waals surface area contributed by atoms with Crippen molar-refractivity contribution in [2.75, 3.05) is 6.54 Å². The second-order valence-corrected chi connectivity index (χ2v) is 3.10. The van der Waals surface area contributed by atoms with E-state index >= 15 is 0 Å². The van der Waals surface area contributed by atoms with E-state index in [4.69, 9.17) is 0 Å². The molecule has 0 unspecified atom stereocenters. The molecule has 0 saturated heterocycles. The Hall–Kier alpha value is -1.65. The first-order chi connectivity index (χ1) is 7.00. The van der Waals surface area contributed by atoms with Gasteiger partial charge in [0.2, 0.25) is 0 Å². The monoisotopic (exact) mass is 215 g/mol. The lowest BCUT2D eigenvalue weighted by atomic mass is 10.1. The molecule has 1 rings (SSSR count). The molecule has 0 fully saturated rings. The van der Waals surface area contributed by atoms with Crippen LogP contribution in [0.3, 0.4) is 0 Å². The predicted molar refractivity (Wildman–Crippen MR) is 51.2 cm³/mol. The summed E-state index contributed by atoms with van der Waals surface area (Å²) in [5, 5.41) is 11.3. The minimum atomic E-state index is -2.58. The van der Waals surface area contributed by atoms with Crippen molar-refractivity contribution >= 4 is 5.91 Å². The molecule has 3 nitrogen and oxygen atoms in total. The molecule has 1 aromatic rings. The summed E-state index contributed by atoms with van der Waals surface area (Å²) in [5.74, 6) is -0.648. The number of aryl methyl sites for hydroxylation is 1. The van der Waals surface area contributed by atoms with Crippen molar-refractivity contribution in [3.05, 3.63) is 29.3 Å². The summed E-state index contributed by atoms with van der Waals surface area (Å²) in [7, 11) is 0. The van der Waals surface area contributed by atoms with Crippen molar-refractivity contribution in [3.8, 4) is 5.75 Å². The van der Waals surface area contributed by atoms with Crippen LogP contribution in [0.1, 0.15) is 15.9 Å². The van der Waals surface area contributed by atoms with Crippen LogP contribution in [0.15, 0.2) is 18.2 Å². The van der Waals surface area contributed by atoms with Gasteiger partial charge in [-0.05, 0) is 24.6 Å². The molecule has 1 aromatic carbocycles. The molecule has 82 valence electrons. The second-order valence-electron chi connectivity index (χ2n) is 3.10. The molecule has 0 aliphatic rings. The van der Waals surface area contributed by atoms with E-state index in [-0.39, 0.29) is 11.3 Å². The Balaban J connectivity index is 2.70. The quantitative estimate of drug-likeness (QED) is 0.806. The van der Waals surface area contributed by atoms with E-state index in [0.29, 0.717) is 5.56 Å². The van der Waals surface area contributed by atoms with E-state index in [2.05, 4.69) is 0 Å². The Kier molecular flexibility index (Phi) is 3.60. The van der Waals surface area contributed by atoms with Gasteiger partial charge in [0.15, 0.2) is 0 Å². The third-order valence-electron chi connectivity index (χ3n) is 1.89. The zero-order valence-electron chi connectivity index (χ0n) is 8.13. The summed E-state index contributed by atoms with van der Waals surface area (Å²) in [4.78, 5) is 11.3. The van der Waals surface area contributed by atoms with Crippen LogP contribution in [-0.2, 0) is 0 Å². The zero-order chi connectivity index (χ0) is 11.4. The Morgan fingerprint density at radius 1 is 1.53 bits per heavy atom. The maximum atomic E-state index is 11.8. The number of phenols is 1. The molecule has 5 heteroatoms. The molecule has 1 amide bonds. The van der Waals surface area contributed by atoms with Crippen molar-refractivity contribution in [1.29, 1.82) is 0 Å². The van der Waals surface area contributed by atoms with Crippen molar-refractivity contribution in [1.82, 2.24) is 5.32 Å². The summed E-state index contributed by atoms with van der Waals surface area (Å²) in [6.45, 7) is 0.990. The third-order valence-corrected chi connectivity index (χ3v) is 1.89. The second kappa shape index (κ2) is 4.72. The highest BCUT2D eigenvalue weighted by Gasteiger charge is 2.09. The Bertz CT molecular complexity index is 366. The van der Waals surface area contributed by atoms with Crippen LogP contribution in [0.5, 0.6) is 5.75 Å². The number of hydrogen-bond donors (Lipinski definition) is 2. The molecule has 0 radical (unpaired) electrons. The van der Waals surface area contributed by atoms with Gasteiger partial charge in [-0.2, -0.15) is 0 Å². The highest BCUT2D eigenvalue weighted by molar-refractivity contribution is 5.94. The van der Waals surface area contributed by atoms with Gasteiger partial charge in [-0.3, -0.25) is 4.79 Å². The first kappa shape index (κ1) is 11.4. The molecule has 0 atom stereocenters. The van der Waals surface area contributed by atoms with Crippen LogP contribution in [0.25, 0.3) is 0 Å². The largest absolute Gasteiger partial charge is 0.508 e. The van der Waals surface area contributed by atoms with Crippen LogP contribution >= 0.6 is 0 Å². The van der Waals surface area contributed by atoms with Crippen LogP contribution < -0.4 is 5.32 Å². The van der Waals surface area contributed by atoms with Crippen molar-refractivity contribution in [3.63, 3.8) is 0 Å². The van der Waals surface area contributed by atoms with Crippen molar-refractivity contribution < 1.29 is 18.7 Å². The summed E-state index contributed by atoms with van der Waals surface area (Å²) in [5.41, 5.74) is 0.791. The normalized spacial score (nSPS) is 10.4. The van der Waals surface area contributed by atoms with Gasteiger partial charge in [0, 0.05) is 5.56 Å². The van der Waals surface area contributed by atoms with Gasteiger partial charge >= 0.3 is 0 Å². The van der Waals surface area contributed by atoms with Gasteiger partial charge < -0.3 is 10.4 Å². The molecule has 0 bridgehead atoms. The Morgan fingerprint density at radius 3 is 2.73 bits per heavy atom. The number of rotatable bonds is 3. The summed E-state index contributed by atoms with van der Waals surface area (Å²) >= 11 is 0. The van der Waals surface area contributed by atoms with Crippen molar-refractivity contribution in [2.45, 2.75) is 13.3 Å². The van der Waals surface area contributed by atoms with E-state index in [1.807, 2.05) is 5.32 Å². The lowest BCUT2D eigenvalue weighted by Crippen LogP contribution is -2.28. The number of benzene rings is 1. The molecule has 0 aromatic heterocycles. The fourth-order valence-corrected chi connectivity index (χ4v) is 1.02. The highest BCUT2D eigenvalue weighted by Crippen LogP contribution is 2.17. The molecule has 0 spiro atoms. The van der Waals surface area contributed by atoms with Gasteiger partial charge in [0.25, 0.3) is 12.3 Å². The van der Waals surface area contributed by atoms with Crippen LogP contribution in [0.4, 0.5) is 8.78 Å². The summed E-state index contributed by atoms with van der Waals surface area (Å²) in [6, 6.07) is 4.26. The Morgan fingerprint density at radius 2 is 2.20 bits per heavy atom. The van der Waals surface area contributed by atoms with Crippen molar-refractivity contribution in [2.24, 2.45) is 0 Å². The zero-order valence-corrected chi connectivity index (χ0v) is 8.13. The van der Waals surface area contributed by atoms with E-state index in [1.165, 1.54) is 12.1 Å². The maximum Gasteiger partial charge on any atom is 0.255 e. The van der Waals surface area contributed by atoms with E-state index in [1.54, 1.807) is 13.0 Å². The lowest BCUT2D eigenvalue weighted by molar-refractivity contribution is 0.0891. The standard InChI is InChI=1S/C10H11F2NO2/c1-6-2-3-7(4-8(6)14)10(15)13-5-9(11)12/h2-4,9,14H,5H2,1H3,(H,13,15). The van der Waals surface area contributed by atoms with Gasteiger partial charge in [0.05, 0.1) is 6.54 Å². The number of nitrogens with one attached hydrogen (secondary N) is 1. The average molecular weight is 215 g/mol. The summed E-state index contributed by atoms with van der Waals surface area (Å²) in [6.07, 6.45) is -2.58. The first-order valence-electron chi connectivity index (χ1n) is 4.36. The number of alkyl halides is 2. The SMILES string of the molecule is Cc1ccc(C(=O)NCC(F)F)cc1O. The number of aromatic hydroxyl groups is 1. The average Bonchev–Trinajstić information content (AvgIpc) is 2.18. The number of phenolic OH excluding ortho intramolecular Hbond substituents is 1. The van der Waals surface area contributed by atoms with Crippen LogP contribution in [-0.4, -0.2) is 24.0 Å². The molecule has 0 saturated carbocycles. The third kappa shape index (κ3) is 3.19.